The monoisotopic (exact) mass is 414 g/mol. The first kappa shape index (κ1) is 20.6. The molecule has 6 N–H and O–H groups in total. The van der Waals surface area contributed by atoms with Gasteiger partial charge < -0.3 is 26.4 Å². The molecule has 8 nitrogen and oxygen atoms in total. The van der Waals surface area contributed by atoms with Gasteiger partial charge in [0.05, 0.1) is 35.2 Å². The molecule has 0 amide bonds. The maximum absolute atomic E-state index is 13.1. The molecular formula is C20H23ClN6O2. The summed E-state index contributed by atoms with van der Waals surface area (Å²) in [5.41, 5.74) is 13.0. The van der Waals surface area contributed by atoms with Crippen molar-refractivity contribution >= 4 is 34.7 Å². The van der Waals surface area contributed by atoms with Crippen LogP contribution in [0.1, 0.15) is 22.8 Å². The molecule has 1 aromatic heterocycles. The maximum Gasteiger partial charge on any atom is 0.198 e. The molecular weight excluding hydrogens is 392 g/mol. The van der Waals surface area contributed by atoms with E-state index in [0.29, 0.717) is 54.1 Å². The lowest BCUT2D eigenvalue weighted by Crippen LogP contribution is -2.37. The number of benzene rings is 1. The lowest BCUT2D eigenvalue weighted by atomic mass is 10.0. The number of hydrogen-bond donors (Lipinski definition) is 4. The molecule has 9 heteroatoms. The number of rotatable bonds is 5. The highest BCUT2D eigenvalue weighted by Gasteiger charge is 2.21. The minimum atomic E-state index is -0.307. The second-order valence-electron chi connectivity index (χ2n) is 6.59. The Bertz CT molecular complexity index is 965. The summed E-state index contributed by atoms with van der Waals surface area (Å²) in [6, 6.07) is 8.51. The van der Waals surface area contributed by atoms with E-state index in [4.69, 9.17) is 33.2 Å². The Labute approximate surface area is 174 Å². The minimum absolute atomic E-state index is 0.0997. The molecule has 0 unspecified atom stereocenters. The van der Waals surface area contributed by atoms with Crippen molar-refractivity contribution in [3.63, 3.8) is 0 Å². The van der Waals surface area contributed by atoms with Gasteiger partial charge in [-0.05, 0) is 19.1 Å². The molecule has 3 rings (SSSR count). The number of anilines is 2. The third-order valence-corrected chi connectivity index (χ3v) is 4.87. The van der Waals surface area contributed by atoms with Crippen LogP contribution in [0.25, 0.3) is 0 Å². The van der Waals surface area contributed by atoms with Crippen LogP contribution in [0, 0.1) is 5.41 Å². The van der Waals surface area contributed by atoms with Gasteiger partial charge in [0.1, 0.15) is 11.7 Å². The van der Waals surface area contributed by atoms with Crippen LogP contribution in [-0.2, 0) is 4.74 Å². The maximum atomic E-state index is 13.1. The third kappa shape index (κ3) is 4.67. The van der Waals surface area contributed by atoms with Crippen molar-refractivity contribution in [3.8, 4) is 0 Å². The van der Waals surface area contributed by atoms with Crippen LogP contribution in [0.3, 0.4) is 0 Å². The summed E-state index contributed by atoms with van der Waals surface area (Å²) >= 11 is 6.20. The molecule has 0 saturated carbocycles. The lowest BCUT2D eigenvalue weighted by Gasteiger charge is -2.28. The van der Waals surface area contributed by atoms with Gasteiger partial charge in [0.15, 0.2) is 5.78 Å². The highest BCUT2D eigenvalue weighted by molar-refractivity contribution is 6.35. The van der Waals surface area contributed by atoms with Crippen molar-refractivity contribution in [2.75, 3.05) is 36.5 Å². The summed E-state index contributed by atoms with van der Waals surface area (Å²) < 4.78 is 5.38. The molecule has 0 atom stereocenters. The Morgan fingerprint density at radius 3 is 2.59 bits per heavy atom. The third-order valence-electron chi connectivity index (χ3n) is 4.54. The molecule has 0 bridgehead atoms. The largest absolute Gasteiger partial charge is 0.401 e. The van der Waals surface area contributed by atoms with Crippen molar-refractivity contribution in [1.29, 1.82) is 5.41 Å². The second kappa shape index (κ2) is 8.93. The fourth-order valence-corrected chi connectivity index (χ4v) is 3.11. The van der Waals surface area contributed by atoms with E-state index in [0.717, 1.165) is 0 Å². The summed E-state index contributed by atoms with van der Waals surface area (Å²) in [5.74, 6) is 0.266. The van der Waals surface area contributed by atoms with Gasteiger partial charge in [-0.25, -0.2) is 4.98 Å². The van der Waals surface area contributed by atoms with Crippen molar-refractivity contribution in [2.24, 2.45) is 11.5 Å². The fourth-order valence-electron chi connectivity index (χ4n) is 2.88. The Hall–Kier alpha value is -3.10. The van der Waals surface area contributed by atoms with Gasteiger partial charge in [0.2, 0.25) is 0 Å². The fraction of sp³-hybridized carbons (Fsp3) is 0.250. The number of carbonyl (C=O) groups is 1. The van der Waals surface area contributed by atoms with Crippen LogP contribution in [0.4, 0.5) is 11.5 Å². The van der Waals surface area contributed by atoms with Crippen LogP contribution in [0.15, 0.2) is 47.9 Å². The average molecular weight is 415 g/mol. The number of carbonyl (C=O) groups excluding carboxylic acids is 1. The van der Waals surface area contributed by atoms with Crippen LogP contribution >= 0.6 is 11.6 Å². The predicted molar refractivity (Wildman–Crippen MR) is 115 cm³/mol. The number of nitrogens with one attached hydrogen (secondary N) is 2. The number of morpholine rings is 1. The number of ketones is 1. The zero-order valence-corrected chi connectivity index (χ0v) is 16.8. The van der Waals surface area contributed by atoms with Gasteiger partial charge in [0.25, 0.3) is 0 Å². The molecule has 2 aromatic rings. The molecule has 29 heavy (non-hydrogen) atoms. The van der Waals surface area contributed by atoms with Gasteiger partial charge >= 0.3 is 0 Å². The Kier molecular flexibility index (Phi) is 6.36. The predicted octanol–water partition coefficient (Wildman–Crippen LogP) is 2.34. The molecule has 1 aliphatic heterocycles. The van der Waals surface area contributed by atoms with Crippen molar-refractivity contribution in [2.45, 2.75) is 6.92 Å². The number of aromatic nitrogens is 1. The smallest absolute Gasteiger partial charge is 0.198 e. The Balaban J connectivity index is 2.02. The molecule has 1 aromatic carbocycles. The van der Waals surface area contributed by atoms with Gasteiger partial charge in [-0.2, -0.15) is 0 Å². The minimum Gasteiger partial charge on any atom is -0.401 e. The molecule has 1 aliphatic rings. The van der Waals surface area contributed by atoms with E-state index >= 15 is 0 Å². The van der Waals surface area contributed by atoms with E-state index in [2.05, 4.69) is 15.2 Å². The van der Waals surface area contributed by atoms with Gasteiger partial charge in [-0.15, -0.1) is 0 Å². The number of nitrogens with two attached hydrogens (primary N) is 2. The van der Waals surface area contributed by atoms with E-state index in [1.807, 2.05) is 0 Å². The van der Waals surface area contributed by atoms with E-state index in [-0.39, 0.29) is 22.9 Å². The summed E-state index contributed by atoms with van der Waals surface area (Å²) in [5, 5.41) is 11.4. The SMILES string of the molecule is C/C(N)=C(\N)C(=N)Nc1cc(N2CCOCC2)ncc1C(=O)c1ccccc1Cl. The number of pyridine rings is 1. The zero-order valence-electron chi connectivity index (χ0n) is 16.0. The van der Waals surface area contributed by atoms with Crippen molar-refractivity contribution in [3.05, 3.63) is 64.1 Å². The highest BCUT2D eigenvalue weighted by Crippen LogP contribution is 2.27. The summed E-state index contributed by atoms with van der Waals surface area (Å²) in [6.45, 7) is 4.18. The molecule has 1 fully saturated rings. The Morgan fingerprint density at radius 1 is 1.24 bits per heavy atom. The van der Waals surface area contributed by atoms with Gasteiger partial charge in [-0.3, -0.25) is 10.2 Å². The molecule has 0 spiro atoms. The summed E-state index contributed by atoms with van der Waals surface area (Å²) in [4.78, 5) is 19.6. The normalized spacial score (nSPS) is 14.9. The molecule has 152 valence electrons. The topological polar surface area (TPSA) is 130 Å². The molecule has 0 aliphatic carbocycles. The van der Waals surface area contributed by atoms with E-state index < -0.39 is 0 Å². The summed E-state index contributed by atoms with van der Waals surface area (Å²) in [6.07, 6.45) is 1.49. The average Bonchev–Trinajstić information content (AvgIpc) is 2.73. The molecule has 1 saturated heterocycles. The standard InChI is InChI=1S/C20H23ClN6O2/c1-12(22)18(23)20(24)26-16-10-17(27-6-8-29-9-7-27)25-11-14(16)19(28)13-4-2-3-5-15(13)21/h2-5,10-11H,6-9,22-23H2,1H3,(H2,24,25,26)/b18-12+. The van der Waals surface area contributed by atoms with Crippen LogP contribution in [0.2, 0.25) is 5.02 Å². The highest BCUT2D eigenvalue weighted by atomic mass is 35.5. The van der Waals surface area contributed by atoms with E-state index in [9.17, 15) is 4.79 Å². The number of halogens is 1. The van der Waals surface area contributed by atoms with Gasteiger partial charge in [0, 0.05) is 36.6 Å². The molecule has 2 heterocycles. The first-order valence-electron chi connectivity index (χ1n) is 9.08. The number of ether oxygens (including phenoxy) is 1. The quantitative estimate of drug-likeness (QED) is 0.335. The van der Waals surface area contributed by atoms with Crippen molar-refractivity contribution < 1.29 is 9.53 Å². The zero-order chi connectivity index (χ0) is 21.0. The number of amidine groups is 1. The first-order valence-corrected chi connectivity index (χ1v) is 9.46. The second-order valence-corrected chi connectivity index (χ2v) is 7.00. The summed E-state index contributed by atoms with van der Waals surface area (Å²) in [7, 11) is 0. The Morgan fingerprint density at radius 2 is 1.93 bits per heavy atom. The number of allylic oxidation sites excluding steroid dienone is 1. The van der Waals surface area contributed by atoms with Crippen molar-refractivity contribution in [1.82, 2.24) is 4.98 Å². The first-order chi connectivity index (χ1) is 13.9. The van der Waals surface area contributed by atoms with Crippen LogP contribution in [-0.4, -0.2) is 42.9 Å². The van der Waals surface area contributed by atoms with Crippen LogP contribution in [0.5, 0.6) is 0 Å². The van der Waals surface area contributed by atoms with Crippen LogP contribution < -0.4 is 21.7 Å². The van der Waals surface area contributed by atoms with E-state index in [1.165, 1.54) is 6.20 Å². The van der Waals surface area contributed by atoms with E-state index in [1.54, 1.807) is 37.3 Å². The molecule has 0 radical (unpaired) electrons. The number of hydrogen-bond acceptors (Lipinski definition) is 7. The van der Waals surface area contributed by atoms with Gasteiger partial charge in [-0.1, -0.05) is 23.7 Å². The number of nitrogens with zero attached hydrogens (tertiary/aromatic N) is 2. The lowest BCUT2D eigenvalue weighted by molar-refractivity contribution is 0.103.